The van der Waals surface area contributed by atoms with Crippen LogP contribution in [0.3, 0.4) is 0 Å². The summed E-state index contributed by atoms with van der Waals surface area (Å²) in [6.45, 7) is 4.42. The largest absolute Gasteiger partial charge is 0.486 e. The smallest absolute Gasteiger partial charge is 0.341 e. The highest BCUT2D eigenvalue weighted by molar-refractivity contribution is 9.10. The highest BCUT2D eigenvalue weighted by Crippen LogP contribution is 2.36. The number of esters is 1. The number of nitrogens with zero attached hydrogens (tertiary/aromatic N) is 3. The molecule has 0 atom stereocenters. The van der Waals surface area contributed by atoms with Crippen molar-refractivity contribution in [1.82, 2.24) is 14.8 Å². The van der Waals surface area contributed by atoms with E-state index in [9.17, 15) is 14.0 Å². The molecule has 12 heteroatoms. The van der Waals surface area contributed by atoms with Crippen molar-refractivity contribution in [2.24, 2.45) is 0 Å². The van der Waals surface area contributed by atoms with E-state index in [1.54, 1.807) is 23.6 Å². The summed E-state index contributed by atoms with van der Waals surface area (Å²) in [5, 5.41) is 13.8. The van der Waals surface area contributed by atoms with Crippen LogP contribution in [0.1, 0.15) is 16.2 Å². The normalized spacial score (nSPS) is 10.7. The standard InChI is InChI=1S/C26H22BrFN4O4S2/c1-3-12-32-21(13-36-19-10-6-17(27)7-11-19)30-31-26(32)38-15-22(33)29-24-23(25(34)35-2)20(14-37-24)16-4-8-18(28)9-5-16/h3-11,14H,1,12-13,15H2,2H3,(H,29,33). The number of carbonyl (C=O) groups excluding carboxylic acids is 2. The van der Waals surface area contributed by atoms with Crippen LogP contribution in [0.25, 0.3) is 11.1 Å². The molecule has 38 heavy (non-hydrogen) atoms. The number of hydrogen-bond donors (Lipinski definition) is 1. The first-order valence-corrected chi connectivity index (χ1v) is 13.8. The Bertz CT molecular complexity index is 1440. The fourth-order valence-electron chi connectivity index (χ4n) is 3.41. The number of anilines is 1. The molecule has 4 rings (SSSR count). The summed E-state index contributed by atoms with van der Waals surface area (Å²) in [6.07, 6.45) is 1.71. The highest BCUT2D eigenvalue weighted by Gasteiger charge is 2.23. The maximum atomic E-state index is 13.4. The second-order valence-electron chi connectivity index (χ2n) is 7.73. The van der Waals surface area contributed by atoms with E-state index in [4.69, 9.17) is 9.47 Å². The molecule has 0 spiro atoms. The van der Waals surface area contributed by atoms with Gasteiger partial charge < -0.3 is 14.8 Å². The van der Waals surface area contributed by atoms with Gasteiger partial charge in [-0.25, -0.2) is 9.18 Å². The van der Waals surface area contributed by atoms with Gasteiger partial charge in [-0.1, -0.05) is 45.9 Å². The van der Waals surface area contributed by atoms with E-state index in [1.165, 1.54) is 42.3 Å². The van der Waals surface area contributed by atoms with Crippen LogP contribution >= 0.6 is 39.0 Å². The number of halogens is 2. The number of aromatic nitrogens is 3. The average molecular weight is 618 g/mol. The van der Waals surface area contributed by atoms with Crippen LogP contribution in [-0.2, 0) is 22.7 Å². The van der Waals surface area contributed by atoms with E-state index < -0.39 is 5.97 Å². The lowest BCUT2D eigenvalue weighted by Crippen LogP contribution is -2.16. The summed E-state index contributed by atoms with van der Waals surface area (Å²) in [7, 11) is 1.26. The molecule has 1 N–H and O–H groups in total. The van der Waals surface area contributed by atoms with E-state index in [-0.39, 0.29) is 29.6 Å². The quantitative estimate of drug-likeness (QED) is 0.122. The third-order valence-electron chi connectivity index (χ3n) is 5.21. The van der Waals surface area contributed by atoms with Gasteiger partial charge in [-0.05, 0) is 42.0 Å². The Morgan fingerprint density at radius 1 is 1.18 bits per heavy atom. The minimum absolute atomic E-state index is 0.0211. The Labute approximate surface area is 235 Å². The number of nitrogens with one attached hydrogen (secondary N) is 1. The molecule has 1 amide bonds. The molecule has 0 fully saturated rings. The van der Waals surface area contributed by atoms with Crippen LogP contribution < -0.4 is 10.1 Å². The van der Waals surface area contributed by atoms with Gasteiger partial charge in [-0.15, -0.1) is 28.1 Å². The number of rotatable bonds is 11. The molecule has 0 unspecified atom stereocenters. The highest BCUT2D eigenvalue weighted by atomic mass is 79.9. The van der Waals surface area contributed by atoms with Crippen molar-refractivity contribution in [2.75, 3.05) is 18.2 Å². The molecule has 2 aromatic carbocycles. The number of allylic oxidation sites excluding steroid dienone is 1. The van der Waals surface area contributed by atoms with Crippen molar-refractivity contribution in [3.63, 3.8) is 0 Å². The van der Waals surface area contributed by atoms with Crippen molar-refractivity contribution < 1.29 is 23.5 Å². The van der Waals surface area contributed by atoms with Gasteiger partial charge in [-0.3, -0.25) is 9.36 Å². The molecule has 0 bridgehead atoms. The number of amides is 1. The van der Waals surface area contributed by atoms with E-state index in [0.29, 0.717) is 39.4 Å². The Morgan fingerprint density at radius 2 is 1.92 bits per heavy atom. The van der Waals surface area contributed by atoms with Crippen molar-refractivity contribution in [3.05, 3.63) is 88.2 Å². The number of methoxy groups -OCH3 is 1. The lowest BCUT2D eigenvalue weighted by atomic mass is 10.0. The maximum absolute atomic E-state index is 13.4. The number of hydrogen-bond acceptors (Lipinski definition) is 8. The average Bonchev–Trinajstić information content (AvgIpc) is 3.51. The van der Waals surface area contributed by atoms with Crippen molar-refractivity contribution in [2.45, 2.75) is 18.3 Å². The zero-order valence-corrected chi connectivity index (χ0v) is 23.4. The summed E-state index contributed by atoms with van der Waals surface area (Å²) in [4.78, 5) is 25.3. The summed E-state index contributed by atoms with van der Waals surface area (Å²) in [5.74, 6) is -0.0319. The van der Waals surface area contributed by atoms with E-state index in [1.807, 2.05) is 28.8 Å². The summed E-state index contributed by atoms with van der Waals surface area (Å²) in [5.41, 5.74) is 1.39. The third-order valence-corrected chi connectivity index (χ3v) is 7.60. The molecule has 4 aromatic rings. The predicted molar refractivity (Wildman–Crippen MR) is 149 cm³/mol. The molecule has 2 aromatic heterocycles. The van der Waals surface area contributed by atoms with Crippen molar-refractivity contribution >= 4 is 55.9 Å². The van der Waals surface area contributed by atoms with Crippen LogP contribution in [0, 0.1) is 5.82 Å². The molecule has 0 aliphatic heterocycles. The van der Waals surface area contributed by atoms with E-state index >= 15 is 0 Å². The van der Waals surface area contributed by atoms with Crippen LogP contribution in [-0.4, -0.2) is 39.5 Å². The number of ether oxygens (including phenoxy) is 2. The third kappa shape index (κ3) is 6.69. The molecule has 0 saturated carbocycles. The van der Waals surface area contributed by atoms with Crippen molar-refractivity contribution in [3.8, 4) is 16.9 Å². The van der Waals surface area contributed by atoms with E-state index in [0.717, 1.165) is 4.47 Å². The molecular formula is C26H22BrFN4O4S2. The number of benzene rings is 2. The fraction of sp³-hybridized carbons (Fsp3) is 0.154. The van der Waals surface area contributed by atoms with Crippen LogP contribution in [0.4, 0.5) is 9.39 Å². The van der Waals surface area contributed by atoms with Gasteiger partial charge in [0.25, 0.3) is 0 Å². The SMILES string of the molecule is C=CCn1c(COc2ccc(Br)cc2)nnc1SCC(=O)Nc1scc(-c2ccc(F)cc2)c1C(=O)OC. The van der Waals surface area contributed by atoms with Gasteiger partial charge in [0.2, 0.25) is 5.91 Å². The van der Waals surface area contributed by atoms with Gasteiger partial charge in [0.05, 0.1) is 12.9 Å². The zero-order valence-electron chi connectivity index (χ0n) is 20.1. The fourth-order valence-corrected chi connectivity index (χ4v) is 5.42. The van der Waals surface area contributed by atoms with Gasteiger partial charge >= 0.3 is 5.97 Å². The molecule has 2 heterocycles. The molecule has 8 nitrogen and oxygen atoms in total. The van der Waals surface area contributed by atoms with E-state index in [2.05, 4.69) is 38.0 Å². The van der Waals surface area contributed by atoms with Crippen LogP contribution in [0.2, 0.25) is 0 Å². The molecule has 0 aliphatic rings. The first kappa shape index (κ1) is 27.6. The Hall–Kier alpha value is -3.48. The lowest BCUT2D eigenvalue weighted by molar-refractivity contribution is -0.113. The lowest BCUT2D eigenvalue weighted by Gasteiger charge is -2.10. The topological polar surface area (TPSA) is 95.3 Å². The summed E-state index contributed by atoms with van der Waals surface area (Å²) < 4.78 is 26.9. The predicted octanol–water partition coefficient (Wildman–Crippen LogP) is 6.19. The van der Waals surface area contributed by atoms with Gasteiger partial charge in [-0.2, -0.15) is 0 Å². The summed E-state index contributed by atoms with van der Waals surface area (Å²) >= 11 is 5.78. The van der Waals surface area contributed by atoms with Gasteiger partial charge in [0.1, 0.15) is 28.7 Å². The first-order valence-electron chi connectivity index (χ1n) is 11.2. The molecule has 0 aliphatic carbocycles. The number of thiophene rings is 1. The molecular weight excluding hydrogens is 595 g/mol. The summed E-state index contributed by atoms with van der Waals surface area (Å²) in [6, 6.07) is 13.2. The number of thioether (sulfide) groups is 1. The Kier molecular flexibility index (Phi) is 9.32. The minimum Gasteiger partial charge on any atom is -0.486 e. The van der Waals surface area contributed by atoms with Crippen LogP contribution in [0.15, 0.2) is 76.2 Å². The van der Waals surface area contributed by atoms with Gasteiger partial charge in [0.15, 0.2) is 11.0 Å². The second-order valence-corrected chi connectivity index (χ2v) is 10.5. The Morgan fingerprint density at radius 3 is 2.61 bits per heavy atom. The Balaban J connectivity index is 1.44. The van der Waals surface area contributed by atoms with Crippen LogP contribution in [0.5, 0.6) is 5.75 Å². The van der Waals surface area contributed by atoms with Crippen molar-refractivity contribution in [1.29, 1.82) is 0 Å². The second kappa shape index (κ2) is 12.9. The molecule has 0 radical (unpaired) electrons. The monoisotopic (exact) mass is 616 g/mol. The first-order chi connectivity index (χ1) is 18.4. The van der Waals surface area contributed by atoms with Gasteiger partial charge in [0, 0.05) is 22.0 Å². The molecule has 0 saturated heterocycles. The number of carbonyl (C=O) groups is 2. The maximum Gasteiger partial charge on any atom is 0.341 e. The minimum atomic E-state index is -0.602. The zero-order chi connectivity index (χ0) is 27.1. The molecule has 196 valence electrons.